The van der Waals surface area contributed by atoms with E-state index in [0.29, 0.717) is 28.8 Å². The predicted octanol–water partition coefficient (Wildman–Crippen LogP) is 3.34. The van der Waals surface area contributed by atoms with Gasteiger partial charge in [0.25, 0.3) is 11.6 Å². The number of nitrogens with one attached hydrogen (secondary N) is 2. The number of H-pyrrole nitrogens is 1. The van der Waals surface area contributed by atoms with Crippen LogP contribution < -0.4 is 5.32 Å². The number of carbonyl (C=O) groups excluding carboxylic acids is 1. The first kappa shape index (κ1) is 18.9. The van der Waals surface area contributed by atoms with Gasteiger partial charge in [-0.05, 0) is 36.6 Å². The topological polar surface area (TPSA) is 118 Å². The van der Waals surface area contributed by atoms with Crippen LogP contribution in [-0.4, -0.2) is 42.4 Å². The van der Waals surface area contributed by atoms with Crippen molar-refractivity contribution in [2.75, 3.05) is 12.0 Å². The highest BCUT2D eigenvalue weighted by Crippen LogP contribution is 2.26. The Hall–Kier alpha value is -3.40. The van der Waals surface area contributed by atoms with Crippen LogP contribution in [0.25, 0.3) is 16.6 Å². The van der Waals surface area contributed by atoms with Gasteiger partial charge in [-0.1, -0.05) is 18.2 Å². The zero-order valence-corrected chi connectivity index (χ0v) is 16.3. The fourth-order valence-corrected chi connectivity index (χ4v) is 3.72. The summed E-state index contributed by atoms with van der Waals surface area (Å²) >= 11 is 1.67. The van der Waals surface area contributed by atoms with Gasteiger partial charge in [0.15, 0.2) is 11.5 Å². The molecular weight excluding hydrogens is 392 g/mol. The molecule has 0 fully saturated rings. The summed E-state index contributed by atoms with van der Waals surface area (Å²) in [5, 5.41) is 23.3. The van der Waals surface area contributed by atoms with Crippen LogP contribution in [0.3, 0.4) is 0 Å². The minimum absolute atomic E-state index is 0.0658. The minimum Gasteiger partial charge on any atom is -0.345 e. The molecule has 1 atom stereocenters. The third kappa shape index (κ3) is 3.66. The Morgan fingerprint density at radius 1 is 1.31 bits per heavy atom. The first-order valence-electron chi connectivity index (χ1n) is 8.94. The predicted molar refractivity (Wildman–Crippen MR) is 111 cm³/mol. The molecule has 2 N–H and O–H groups in total. The van der Waals surface area contributed by atoms with Gasteiger partial charge < -0.3 is 10.3 Å². The number of amides is 1. The molecule has 4 aromatic rings. The van der Waals surface area contributed by atoms with Gasteiger partial charge in [-0.25, -0.2) is 0 Å². The molecular formula is C19H18N6O3S. The molecule has 1 amide bonds. The van der Waals surface area contributed by atoms with E-state index in [1.165, 1.54) is 6.07 Å². The maximum atomic E-state index is 12.9. The number of carbonyl (C=O) groups is 1. The Bertz CT molecular complexity index is 1200. The number of hydrogen-bond acceptors (Lipinski definition) is 6. The Morgan fingerprint density at radius 2 is 2.17 bits per heavy atom. The van der Waals surface area contributed by atoms with Gasteiger partial charge in [0.05, 0.1) is 11.0 Å². The van der Waals surface area contributed by atoms with Gasteiger partial charge >= 0.3 is 0 Å². The van der Waals surface area contributed by atoms with E-state index in [9.17, 15) is 14.9 Å². The average Bonchev–Trinajstić information content (AvgIpc) is 3.35. The molecule has 0 radical (unpaired) electrons. The molecule has 0 saturated heterocycles. The highest BCUT2D eigenvalue weighted by Gasteiger charge is 2.23. The summed E-state index contributed by atoms with van der Waals surface area (Å²) in [5.74, 6) is 1.12. The number of aromatic nitrogens is 4. The summed E-state index contributed by atoms with van der Waals surface area (Å²) in [7, 11) is 0. The van der Waals surface area contributed by atoms with E-state index in [0.717, 1.165) is 5.75 Å². The van der Waals surface area contributed by atoms with E-state index in [-0.39, 0.29) is 23.3 Å². The molecule has 10 heteroatoms. The highest BCUT2D eigenvalue weighted by atomic mass is 32.2. The van der Waals surface area contributed by atoms with Crippen LogP contribution in [0.2, 0.25) is 0 Å². The second kappa shape index (κ2) is 7.92. The fraction of sp³-hybridized carbons (Fsp3) is 0.211. The monoisotopic (exact) mass is 410 g/mol. The van der Waals surface area contributed by atoms with Crippen molar-refractivity contribution in [1.82, 2.24) is 24.9 Å². The second-order valence-corrected chi connectivity index (χ2v) is 7.46. The van der Waals surface area contributed by atoms with E-state index >= 15 is 0 Å². The SMILES string of the molecule is CSCCC(NC(=O)c1cc2cccc([N+](=O)[O-])c2[nH]1)c1nnc2ccccn12. The van der Waals surface area contributed by atoms with Crippen molar-refractivity contribution in [3.63, 3.8) is 0 Å². The molecule has 1 aromatic carbocycles. The first-order chi connectivity index (χ1) is 14.1. The number of nitro benzene ring substituents is 1. The van der Waals surface area contributed by atoms with E-state index in [4.69, 9.17) is 0 Å². The van der Waals surface area contributed by atoms with Crippen molar-refractivity contribution in [2.24, 2.45) is 0 Å². The quantitative estimate of drug-likeness (QED) is 0.356. The Balaban J connectivity index is 1.66. The third-order valence-corrected chi connectivity index (χ3v) is 5.29. The molecule has 148 valence electrons. The fourth-order valence-electron chi connectivity index (χ4n) is 3.25. The van der Waals surface area contributed by atoms with Crippen LogP contribution in [0, 0.1) is 10.1 Å². The zero-order chi connectivity index (χ0) is 20.4. The van der Waals surface area contributed by atoms with Crippen molar-refractivity contribution in [3.8, 4) is 0 Å². The molecule has 0 aliphatic rings. The van der Waals surface area contributed by atoms with Crippen LogP contribution in [-0.2, 0) is 0 Å². The van der Waals surface area contributed by atoms with Crippen molar-refractivity contribution >= 4 is 39.9 Å². The lowest BCUT2D eigenvalue weighted by Gasteiger charge is -2.16. The molecule has 9 nitrogen and oxygen atoms in total. The van der Waals surface area contributed by atoms with Gasteiger partial charge in [0, 0.05) is 17.6 Å². The molecule has 0 aliphatic heterocycles. The number of nitrogens with zero attached hydrogens (tertiary/aromatic N) is 4. The normalized spacial score (nSPS) is 12.3. The number of benzene rings is 1. The van der Waals surface area contributed by atoms with E-state index in [2.05, 4.69) is 20.5 Å². The van der Waals surface area contributed by atoms with Crippen molar-refractivity contribution in [1.29, 1.82) is 0 Å². The molecule has 29 heavy (non-hydrogen) atoms. The number of thioether (sulfide) groups is 1. The maximum absolute atomic E-state index is 12.9. The zero-order valence-electron chi connectivity index (χ0n) is 15.5. The molecule has 3 aromatic heterocycles. The lowest BCUT2D eigenvalue weighted by Crippen LogP contribution is -2.30. The molecule has 0 saturated carbocycles. The summed E-state index contributed by atoms with van der Waals surface area (Å²) in [6, 6.07) is 11.6. The summed E-state index contributed by atoms with van der Waals surface area (Å²) < 4.78 is 1.85. The average molecular weight is 410 g/mol. The van der Waals surface area contributed by atoms with Gasteiger partial charge in [0.2, 0.25) is 0 Å². The van der Waals surface area contributed by atoms with Crippen LogP contribution in [0.15, 0.2) is 48.7 Å². The van der Waals surface area contributed by atoms with E-state index in [1.807, 2.05) is 35.1 Å². The smallest absolute Gasteiger partial charge is 0.293 e. The number of nitro groups is 1. The van der Waals surface area contributed by atoms with Gasteiger partial charge in [-0.3, -0.25) is 19.3 Å². The molecule has 0 bridgehead atoms. The van der Waals surface area contributed by atoms with Crippen molar-refractivity contribution < 1.29 is 9.72 Å². The van der Waals surface area contributed by atoms with Crippen molar-refractivity contribution in [3.05, 3.63) is 70.3 Å². The number of aromatic amines is 1. The van der Waals surface area contributed by atoms with E-state index < -0.39 is 4.92 Å². The standard InChI is InChI=1S/C19H18N6O3S/c1-29-10-8-13(18-23-22-16-7-2-3-9-24(16)18)21-19(26)14-11-12-5-4-6-15(25(27)28)17(12)20-14/h2-7,9,11,13,20H,8,10H2,1H3,(H,21,26). The number of para-hydroxylation sites is 1. The summed E-state index contributed by atoms with van der Waals surface area (Å²) in [4.78, 5) is 26.6. The first-order valence-corrected chi connectivity index (χ1v) is 10.3. The highest BCUT2D eigenvalue weighted by molar-refractivity contribution is 7.98. The summed E-state index contributed by atoms with van der Waals surface area (Å²) in [6.07, 6.45) is 4.52. The van der Waals surface area contributed by atoms with Gasteiger partial charge in [-0.2, -0.15) is 11.8 Å². The molecule has 0 aliphatic carbocycles. The molecule has 4 rings (SSSR count). The number of hydrogen-bond donors (Lipinski definition) is 2. The number of non-ortho nitro benzene ring substituents is 1. The summed E-state index contributed by atoms with van der Waals surface area (Å²) in [5.41, 5.74) is 1.23. The number of fused-ring (bicyclic) bond motifs is 2. The number of rotatable bonds is 7. The molecule has 3 heterocycles. The van der Waals surface area contributed by atoms with Crippen LogP contribution >= 0.6 is 11.8 Å². The molecule has 0 spiro atoms. The number of pyridine rings is 1. The van der Waals surface area contributed by atoms with Gasteiger partial charge in [0.1, 0.15) is 11.2 Å². The Labute approximate surface area is 169 Å². The maximum Gasteiger partial charge on any atom is 0.293 e. The van der Waals surface area contributed by atoms with Crippen molar-refractivity contribution in [2.45, 2.75) is 12.5 Å². The summed E-state index contributed by atoms with van der Waals surface area (Å²) in [6.45, 7) is 0. The molecule has 1 unspecified atom stereocenters. The lowest BCUT2D eigenvalue weighted by molar-refractivity contribution is -0.383. The van der Waals surface area contributed by atoms with Crippen LogP contribution in [0.5, 0.6) is 0 Å². The Morgan fingerprint density at radius 3 is 2.97 bits per heavy atom. The van der Waals surface area contributed by atoms with Gasteiger partial charge in [-0.15, -0.1) is 10.2 Å². The lowest BCUT2D eigenvalue weighted by atomic mass is 10.2. The largest absolute Gasteiger partial charge is 0.345 e. The second-order valence-electron chi connectivity index (χ2n) is 6.48. The van der Waals surface area contributed by atoms with Crippen LogP contribution in [0.1, 0.15) is 28.8 Å². The van der Waals surface area contributed by atoms with Crippen LogP contribution in [0.4, 0.5) is 5.69 Å². The third-order valence-electron chi connectivity index (χ3n) is 4.64. The Kier molecular flexibility index (Phi) is 5.17. The van der Waals surface area contributed by atoms with E-state index in [1.54, 1.807) is 30.0 Å². The minimum atomic E-state index is -0.468.